The maximum Gasteiger partial charge on any atom is 0.361 e. The number of anilines is 1. The van der Waals surface area contributed by atoms with E-state index in [9.17, 15) is 9.59 Å². The molecule has 0 saturated carbocycles. The van der Waals surface area contributed by atoms with Crippen molar-refractivity contribution in [3.05, 3.63) is 10.4 Å². The third kappa shape index (κ3) is 3.68. The molecule has 1 aromatic rings. The second-order valence-electron chi connectivity index (χ2n) is 2.65. The second-order valence-corrected chi connectivity index (χ2v) is 3.77. The Bertz CT molecular complexity index is 459. The lowest BCUT2D eigenvalue weighted by molar-refractivity contribution is -0.129. The minimum atomic E-state index is -1.27. The van der Waals surface area contributed by atoms with Crippen molar-refractivity contribution in [2.24, 2.45) is 5.16 Å². The molecule has 0 spiro atoms. The van der Waals surface area contributed by atoms with Crippen molar-refractivity contribution >= 4 is 46.3 Å². The number of nitrogens with zero attached hydrogens (tertiary/aromatic N) is 2. The standard InChI is InChI=1S/C8H8ClN3O4S/c1-16-12-6(8(14)15)7-11-4(3-17-7)10-5(13)2-9/h3H,2H2,1H3,(H,10,13)(H,14,15). The minimum Gasteiger partial charge on any atom is -0.476 e. The average Bonchev–Trinajstić information content (AvgIpc) is 2.73. The molecule has 0 aliphatic rings. The minimum absolute atomic E-state index is 0.129. The third-order valence-corrected chi connectivity index (χ3v) is 2.57. The van der Waals surface area contributed by atoms with E-state index in [1.165, 1.54) is 12.5 Å². The Labute approximate surface area is 105 Å². The summed E-state index contributed by atoms with van der Waals surface area (Å²) < 4.78 is 0. The molecule has 9 heteroatoms. The lowest BCUT2D eigenvalue weighted by Crippen LogP contribution is -2.16. The number of carbonyl (C=O) groups is 2. The molecule has 1 rings (SSSR count). The zero-order chi connectivity index (χ0) is 12.8. The van der Waals surface area contributed by atoms with Crippen molar-refractivity contribution < 1.29 is 19.5 Å². The first-order chi connectivity index (χ1) is 8.08. The van der Waals surface area contributed by atoms with Gasteiger partial charge in [-0.25, -0.2) is 9.78 Å². The highest BCUT2D eigenvalue weighted by Crippen LogP contribution is 2.15. The fourth-order valence-corrected chi connectivity index (χ4v) is 1.67. The van der Waals surface area contributed by atoms with Crippen LogP contribution >= 0.6 is 22.9 Å². The maximum atomic E-state index is 11.0. The number of amides is 1. The van der Waals surface area contributed by atoms with Gasteiger partial charge < -0.3 is 15.3 Å². The van der Waals surface area contributed by atoms with Gasteiger partial charge in [-0.2, -0.15) is 0 Å². The Morgan fingerprint density at radius 1 is 1.71 bits per heavy atom. The highest BCUT2D eigenvalue weighted by atomic mass is 35.5. The summed E-state index contributed by atoms with van der Waals surface area (Å²) in [6, 6.07) is 0. The van der Waals surface area contributed by atoms with Gasteiger partial charge in [0.1, 0.15) is 18.8 Å². The van der Waals surface area contributed by atoms with E-state index in [0.717, 1.165) is 11.3 Å². The van der Waals surface area contributed by atoms with Crippen LogP contribution in [-0.4, -0.2) is 40.7 Å². The molecule has 0 aromatic carbocycles. The fourth-order valence-electron chi connectivity index (χ4n) is 0.877. The largest absolute Gasteiger partial charge is 0.476 e. The second kappa shape index (κ2) is 6.16. The van der Waals surface area contributed by atoms with Crippen LogP contribution in [0.25, 0.3) is 0 Å². The summed E-state index contributed by atoms with van der Waals surface area (Å²) in [4.78, 5) is 30.1. The maximum absolute atomic E-state index is 11.0. The van der Waals surface area contributed by atoms with E-state index in [4.69, 9.17) is 16.7 Å². The van der Waals surface area contributed by atoms with Crippen LogP contribution in [0.4, 0.5) is 5.82 Å². The number of aromatic nitrogens is 1. The fraction of sp³-hybridized carbons (Fsp3) is 0.250. The van der Waals surface area contributed by atoms with E-state index in [0.29, 0.717) is 0 Å². The lowest BCUT2D eigenvalue weighted by Gasteiger charge is -1.97. The lowest BCUT2D eigenvalue weighted by atomic mass is 10.4. The average molecular weight is 278 g/mol. The van der Waals surface area contributed by atoms with E-state index >= 15 is 0 Å². The Balaban J connectivity index is 2.89. The van der Waals surface area contributed by atoms with Crippen molar-refractivity contribution in [1.29, 1.82) is 0 Å². The van der Waals surface area contributed by atoms with Crippen LogP contribution in [0.15, 0.2) is 10.5 Å². The SMILES string of the molecule is CON=C(C(=O)O)c1nc(NC(=O)CCl)cs1. The summed E-state index contributed by atoms with van der Waals surface area (Å²) in [5.41, 5.74) is -0.330. The van der Waals surface area contributed by atoms with Crippen LogP contribution in [0.3, 0.4) is 0 Å². The van der Waals surface area contributed by atoms with E-state index in [2.05, 4.69) is 20.3 Å². The van der Waals surface area contributed by atoms with Gasteiger partial charge in [0.15, 0.2) is 5.01 Å². The van der Waals surface area contributed by atoms with Crippen LogP contribution in [0.1, 0.15) is 5.01 Å². The van der Waals surface area contributed by atoms with E-state index in [1.807, 2.05) is 0 Å². The predicted octanol–water partition coefficient (Wildman–Crippen LogP) is 0.755. The summed E-state index contributed by atoms with van der Waals surface area (Å²) in [5.74, 6) is -1.67. The summed E-state index contributed by atoms with van der Waals surface area (Å²) >= 11 is 6.32. The highest BCUT2D eigenvalue weighted by molar-refractivity contribution is 7.13. The summed E-state index contributed by atoms with van der Waals surface area (Å²) in [5, 5.41) is 16.2. The van der Waals surface area contributed by atoms with Crippen molar-refractivity contribution in [2.45, 2.75) is 0 Å². The topological polar surface area (TPSA) is 101 Å². The van der Waals surface area contributed by atoms with E-state index in [-0.39, 0.29) is 22.4 Å². The molecule has 1 heterocycles. The highest BCUT2D eigenvalue weighted by Gasteiger charge is 2.18. The van der Waals surface area contributed by atoms with Crippen LogP contribution in [0, 0.1) is 0 Å². The molecule has 1 amide bonds. The number of hydrogen-bond acceptors (Lipinski definition) is 6. The molecule has 17 heavy (non-hydrogen) atoms. The van der Waals surface area contributed by atoms with E-state index < -0.39 is 11.9 Å². The normalized spacial score (nSPS) is 11.1. The molecule has 0 saturated heterocycles. The van der Waals surface area contributed by atoms with Crippen LogP contribution < -0.4 is 5.32 Å². The van der Waals surface area contributed by atoms with Crippen molar-refractivity contribution in [2.75, 3.05) is 18.3 Å². The van der Waals surface area contributed by atoms with Gasteiger partial charge in [0, 0.05) is 5.38 Å². The molecule has 0 aliphatic carbocycles. The van der Waals surface area contributed by atoms with Gasteiger partial charge in [0.25, 0.3) is 0 Å². The number of thiazole rings is 1. The van der Waals surface area contributed by atoms with Gasteiger partial charge in [0.05, 0.1) is 0 Å². The number of carbonyl (C=O) groups excluding carboxylic acids is 1. The molecule has 1 aromatic heterocycles. The predicted molar refractivity (Wildman–Crippen MR) is 62.6 cm³/mol. The molecule has 0 radical (unpaired) electrons. The van der Waals surface area contributed by atoms with Gasteiger partial charge in [0.2, 0.25) is 11.6 Å². The Morgan fingerprint density at radius 3 is 2.94 bits per heavy atom. The molecule has 2 N–H and O–H groups in total. The van der Waals surface area contributed by atoms with Gasteiger partial charge in [-0.05, 0) is 0 Å². The Hall–Kier alpha value is -1.67. The first kappa shape index (κ1) is 13.4. The van der Waals surface area contributed by atoms with Crippen molar-refractivity contribution in [3.63, 3.8) is 0 Å². The number of halogens is 1. The van der Waals surface area contributed by atoms with Gasteiger partial charge in [-0.1, -0.05) is 5.16 Å². The monoisotopic (exact) mass is 277 g/mol. The summed E-state index contributed by atoms with van der Waals surface area (Å²) in [6.07, 6.45) is 0. The zero-order valence-electron chi connectivity index (χ0n) is 8.64. The summed E-state index contributed by atoms with van der Waals surface area (Å²) in [7, 11) is 1.23. The molecule has 0 aliphatic heterocycles. The van der Waals surface area contributed by atoms with Crippen molar-refractivity contribution in [1.82, 2.24) is 4.98 Å². The molecular formula is C8H8ClN3O4S. The number of aliphatic carboxylic acids is 1. The zero-order valence-corrected chi connectivity index (χ0v) is 10.2. The van der Waals surface area contributed by atoms with Crippen LogP contribution in [-0.2, 0) is 14.4 Å². The van der Waals surface area contributed by atoms with E-state index in [1.54, 1.807) is 0 Å². The molecular weight excluding hydrogens is 270 g/mol. The first-order valence-electron chi connectivity index (χ1n) is 4.24. The van der Waals surface area contributed by atoms with Crippen LogP contribution in [0.5, 0.6) is 0 Å². The molecule has 7 nitrogen and oxygen atoms in total. The Kier molecular flexibility index (Phi) is 4.85. The third-order valence-electron chi connectivity index (χ3n) is 1.48. The smallest absolute Gasteiger partial charge is 0.361 e. The molecule has 0 fully saturated rings. The number of carboxylic acid groups (broad SMARTS) is 1. The first-order valence-corrected chi connectivity index (χ1v) is 5.66. The van der Waals surface area contributed by atoms with Gasteiger partial charge in [-0.3, -0.25) is 4.79 Å². The van der Waals surface area contributed by atoms with Crippen LogP contribution in [0.2, 0.25) is 0 Å². The number of alkyl halides is 1. The number of rotatable bonds is 5. The molecule has 0 unspecified atom stereocenters. The number of oxime groups is 1. The van der Waals surface area contributed by atoms with Gasteiger partial charge >= 0.3 is 5.97 Å². The number of carboxylic acids is 1. The summed E-state index contributed by atoms with van der Waals surface area (Å²) in [6.45, 7) is 0. The number of hydrogen-bond donors (Lipinski definition) is 2. The molecule has 92 valence electrons. The van der Waals surface area contributed by atoms with Gasteiger partial charge in [-0.15, -0.1) is 22.9 Å². The molecule has 0 atom stereocenters. The Morgan fingerprint density at radius 2 is 2.41 bits per heavy atom. The number of nitrogens with one attached hydrogen (secondary N) is 1. The molecule has 0 bridgehead atoms. The quantitative estimate of drug-likeness (QED) is 0.470. The van der Waals surface area contributed by atoms with Crippen molar-refractivity contribution in [3.8, 4) is 0 Å².